The number of hydrogen-bond donors (Lipinski definition) is 2. The van der Waals surface area contributed by atoms with Crippen molar-refractivity contribution in [3.05, 3.63) is 93.6 Å². The number of thiazole rings is 1. The molecule has 188 valence electrons. The summed E-state index contributed by atoms with van der Waals surface area (Å²) in [4.78, 5) is 19.1. The fourth-order valence-corrected chi connectivity index (χ4v) is 5.36. The van der Waals surface area contributed by atoms with Crippen molar-refractivity contribution in [1.29, 1.82) is 0 Å². The van der Waals surface area contributed by atoms with Crippen LogP contribution in [0.25, 0.3) is 21.1 Å². The number of amides is 2. The normalized spacial score (nSPS) is 11.7. The number of urea groups is 1. The highest BCUT2D eigenvalue weighted by Gasteiger charge is 2.10. The van der Waals surface area contributed by atoms with Crippen LogP contribution >= 0.6 is 34.5 Å². The minimum Gasteiger partial charge on any atom is -0.342 e. The van der Waals surface area contributed by atoms with Crippen molar-refractivity contribution in [2.24, 2.45) is 5.10 Å². The number of carbonyl (C=O) groups excluding carboxylic acids is 1. The number of hydrazone groups is 1. The Kier molecular flexibility index (Phi) is 7.43. The van der Waals surface area contributed by atoms with Crippen molar-refractivity contribution in [3.8, 4) is 0 Å². The number of rotatable bonds is 7. The maximum absolute atomic E-state index is 12.5. The molecule has 3 aromatic carbocycles. The average Bonchev–Trinajstić information content (AvgIpc) is 3.41. The van der Waals surface area contributed by atoms with Gasteiger partial charge in [-0.3, -0.25) is 5.32 Å². The van der Waals surface area contributed by atoms with Gasteiger partial charge < -0.3 is 9.47 Å². The van der Waals surface area contributed by atoms with Crippen molar-refractivity contribution in [3.63, 3.8) is 0 Å². The van der Waals surface area contributed by atoms with Crippen LogP contribution in [0, 0.1) is 0 Å². The summed E-state index contributed by atoms with van der Waals surface area (Å²) in [6, 6.07) is 19.3. The van der Waals surface area contributed by atoms with Crippen LogP contribution in [0.3, 0.4) is 0 Å². The van der Waals surface area contributed by atoms with Gasteiger partial charge in [0.2, 0.25) is 0 Å². The van der Waals surface area contributed by atoms with Crippen molar-refractivity contribution in [2.75, 3.05) is 19.4 Å². The van der Waals surface area contributed by atoms with Crippen LogP contribution in [0.5, 0.6) is 0 Å². The van der Waals surface area contributed by atoms with E-state index < -0.39 is 6.03 Å². The summed E-state index contributed by atoms with van der Waals surface area (Å²) in [5, 5.41) is 9.52. The number of carbonyl (C=O) groups is 1. The minimum atomic E-state index is -0.455. The number of benzene rings is 3. The first-order valence-electron chi connectivity index (χ1n) is 11.5. The summed E-state index contributed by atoms with van der Waals surface area (Å²) in [5.74, 6) is 0. The fraction of sp³-hybridized carbons (Fsp3) is 0.148. The number of nitrogens with one attached hydrogen (secondary N) is 2. The molecule has 0 atom stereocenters. The Morgan fingerprint density at radius 1 is 1.08 bits per heavy atom. The molecular weight excluding hydrogens is 527 g/mol. The van der Waals surface area contributed by atoms with Gasteiger partial charge in [-0.15, -0.1) is 0 Å². The third-order valence-electron chi connectivity index (χ3n) is 5.70. The zero-order valence-electron chi connectivity index (χ0n) is 20.2. The minimum absolute atomic E-state index is 0.455. The average molecular weight is 552 g/mol. The first-order chi connectivity index (χ1) is 17.9. The van der Waals surface area contributed by atoms with Gasteiger partial charge in [0.15, 0.2) is 5.13 Å². The molecule has 2 heterocycles. The maximum Gasteiger partial charge on any atom is 0.341 e. The van der Waals surface area contributed by atoms with E-state index in [4.69, 9.17) is 23.2 Å². The number of hydrogen-bond acceptors (Lipinski definition) is 5. The van der Waals surface area contributed by atoms with E-state index in [1.807, 2.05) is 68.8 Å². The van der Waals surface area contributed by atoms with Crippen molar-refractivity contribution >= 4 is 73.0 Å². The summed E-state index contributed by atoms with van der Waals surface area (Å²) in [7, 11) is 4.06. The fourth-order valence-electron chi connectivity index (χ4n) is 4.12. The van der Waals surface area contributed by atoms with E-state index in [0.29, 0.717) is 21.7 Å². The Morgan fingerprint density at radius 3 is 2.70 bits per heavy atom. The third-order valence-corrected chi connectivity index (χ3v) is 7.37. The Bertz CT molecular complexity index is 1620. The van der Waals surface area contributed by atoms with Crippen LogP contribution in [-0.2, 0) is 13.1 Å². The number of anilines is 1. The van der Waals surface area contributed by atoms with Gasteiger partial charge in [-0.2, -0.15) is 5.10 Å². The van der Waals surface area contributed by atoms with Crippen molar-refractivity contribution in [1.82, 2.24) is 19.9 Å². The molecule has 0 saturated heterocycles. The molecule has 0 aliphatic rings. The molecule has 0 aliphatic heterocycles. The molecule has 10 heteroatoms. The second kappa shape index (κ2) is 10.9. The lowest BCUT2D eigenvalue weighted by Crippen LogP contribution is -2.24. The van der Waals surface area contributed by atoms with Gasteiger partial charge in [-0.05, 0) is 55.6 Å². The summed E-state index contributed by atoms with van der Waals surface area (Å²) < 4.78 is 3.13. The predicted molar refractivity (Wildman–Crippen MR) is 154 cm³/mol. The van der Waals surface area contributed by atoms with E-state index in [2.05, 4.69) is 36.4 Å². The number of nitrogens with zero attached hydrogens (tertiary/aromatic N) is 4. The smallest absolute Gasteiger partial charge is 0.341 e. The highest BCUT2D eigenvalue weighted by molar-refractivity contribution is 7.22. The highest BCUT2D eigenvalue weighted by atomic mass is 35.5. The van der Waals surface area contributed by atoms with Gasteiger partial charge in [0.25, 0.3) is 0 Å². The lowest BCUT2D eigenvalue weighted by molar-refractivity contribution is 0.252. The highest BCUT2D eigenvalue weighted by Crippen LogP contribution is 2.28. The zero-order valence-corrected chi connectivity index (χ0v) is 22.5. The second-order valence-electron chi connectivity index (χ2n) is 8.86. The molecule has 5 aromatic rings. The topological polar surface area (TPSA) is 74.6 Å². The SMILES string of the molecule is CN(C)Cc1ccc2nc(NC(=O)N/N=C/c3cn(Cc4ccc(Cl)c(Cl)c4)c4ccccc34)sc2c1. The van der Waals surface area contributed by atoms with Crippen LogP contribution in [0.1, 0.15) is 16.7 Å². The molecule has 37 heavy (non-hydrogen) atoms. The van der Waals surface area contributed by atoms with E-state index in [-0.39, 0.29) is 0 Å². The summed E-state index contributed by atoms with van der Waals surface area (Å²) >= 11 is 13.7. The molecule has 0 aliphatic carbocycles. The first kappa shape index (κ1) is 25.2. The third kappa shape index (κ3) is 5.94. The van der Waals surface area contributed by atoms with Gasteiger partial charge in [0, 0.05) is 35.8 Å². The molecule has 2 amide bonds. The zero-order chi connectivity index (χ0) is 25.9. The number of halogens is 2. The van der Waals surface area contributed by atoms with Gasteiger partial charge >= 0.3 is 6.03 Å². The second-order valence-corrected chi connectivity index (χ2v) is 10.7. The first-order valence-corrected chi connectivity index (χ1v) is 13.1. The monoisotopic (exact) mass is 550 g/mol. The molecule has 0 spiro atoms. The van der Waals surface area contributed by atoms with Crippen LogP contribution < -0.4 is 10.7 Å². The number of para-hydroxylation sites is 1. The van der Waals surface area contributed by atoms with E-state index in [0.717, 1.165) is 38.8 Å². The molecule has 0 saturated carbocycles. The van der Waals surface area contributed by atoms with Crippen LogP contribution in [0.4, 0.5) is 9.93 Å². The molecule has 2 aromatic heterocycles. The van der Waals surface area contributed by atoms with E-state index in [1.165, 1.54) is 16.9 Å². The summed E-state index contributed by atoms with van der Waals surface area (Å²) in [5.41, 5.74) is 7.53. The summed E-state index contributed by atoms with van der Waals surface area (Å²) in [6.45, 7) is 1.46. The Hall–Kier alpha value is -3.43. The molecule has 0 fully saturated rings. The Balaban J connectivity index is 1.28. The standard InChI is InChI=1S/C27H24Cl2N6OS/c1-34(2)14-18-8-10-23-25(12-18)37-27(31-23)32-26(36)33-30-13-19-16-35(24-6-4-3-5-20(19)24)15-17-7-9-21(28)22(29)11-17/h3-13,16H,14-15H2,1-2H3,(H2,31,32,33,36)/b30-13+. The Morgan fingerprint density at radius 2 is 1.89 bits per heavy atom. The number of fused-ring (bicyclic) bond motifs is 2. The van der Waals surface area contributed by atoms with Crippen LogP contribution in [0.2, 0.25) is 10.0 Å². The molecule has 5 rings (SSSR count). The van der Waals surface area contributed by atoms with E-state index in [9.17, 15) is 4.79 Å². The van der Waals surface area contributed by atoms with E-state index >= 15 is 0 Å². The molecule has 0 radical (unpaired) electrons. The summed E-state index contributed by atoms with van der Waals surface area (Å²) in [6.07, 6.45) is 3.63. The van der Waals surface area contributed by atoms with Crippen LogP contribution in [0.15, 0.2) is 72.0 Å². The molecule has 7 nitrogen and oxygen atoms in total. The van der Waals surface area contributed by atoms with E-state index in [1.54, 1.807) is 12.3 Å². The molecule has 2 N–H and O–H groups in total. The predicted octanol–water partition coefficient (Wildman–Crippen LogP) is 6.82. The maximum atomic E-state index is 12.5. The van der Waals surface area contributed by atoms with Gasteiger partial charge in [0.05, 0.1) is 26.5 Å². The van der Waals surface area contributed by atoms with Crippen molar-refractivity contribution in [2.45, 2.75) is 13.1 Å². The lowest BCUT2D eigenvalue weighted by atomic mass is 10.2. The largest absolute Gasteiger partial charge is 0.342 e. The quantitative estimate of drug-likeness (QED) is 0.172. The van der Waals surface area contributed by atoms with Gasteiger partial charge in [0.1, 0.15) is 0 Å². The molecular formula is C27H24Cl2N6OS. The molecule has 0 unspecified atom stereocenters. The van der Waals surface area contributed by atoms with Gasteiger partial charge in [-0.1, -0.05) is 64.9 Å². The Labute approximate surface area is 228 Å². The van der Waals surface area contributed by atoms with Gasteiger partial charge in [-0.25, -0.2) is 15.2 Å². The molecule has 0 bridgehead atoms. The van der Waals surface area contributed by atoms with Crippen LogP contribution in [-0.4, -0.2) is 40.8 Å². The van der Waals surface area contributed by atoms with Crippen molar-refractivity contribution < 1.29 is 4.79 Å². The number of aromatic nitrogens is 2. The lowest BCUT2D eigenvalue weighted by Gasteiger charge is -2.08.